The van der Waals surface area contributed by atoms with Gasteiger partial charge in [0.05, 0.1) is 11.3 Å². The molecular formula is C16H15N3OS. The predicted octanol–water partition coefficient (Wildman–Crippen LogP) is 3.76. The summed E-state index contributed by atoms with van der Waals surface area (Å²) >= 11 is 1.61. The number of nitrogens with one attached hydrogen (secondary N) is 2. The molecule has 1 aliphatic rings. The molecule has 0 fully saturated rings. The van der Waals surface area contributed by atoms with Gasteiger partial charge in [0.15, 0.2) is 5.13 Å². The van der Waals surface area contributed by atoms with E-state index in [2.05, 4.69) is 15.3 Å². The van der Waals surface area contributed by atoms with E-state index in [-0.39, 0.29) is 5.91 Å². The van der Waals surface area contributed by atoms with Crippen molar-refractivity contribution in [2.24, 2.45) is 0 Å². The Hall–Kier alpha value is -2.14. The van der Waals surface area contributed by atoms with Crippen LogP contribution in [0.3, 0.4) is 0 Å². The maximum absolute atomic E-state index is 12.4. The minimum Gasteiger partial charge on any atom is -0.360 e. The second kappa shape index (κ2) is 5.00. The van der Waals surface area contributed by atoms with E-state index in [9.17, 15) is 4.79 Å². The molecule has 3 aromatic rings. The number of H-pyrrole nitrogens is 1. The standard InChI is InChI=1S/C16H15N3OS/c20-15(11-9-17-12-6-2-1-5-10(11)12)19-16-18-13-7-3-4-8-14(13)21-16/h1-2,5-6,9,17H,3-4,7-8H2,(H,18,19,20). The highest BCUT2D eigenvalue weighted by Gasteiger charge is 2.18. The molecule has 1 aromatic carbocycles. The normalized spacial score (nSPS) is 14.1. The molecule has 2 heterocycles. The lowest BCUT2D eigenvalue weighted by atomic mass is 10.0. The van der Waals surface area contributed by atoms with E-state index in [1.807, 2.05) is 24.3 Å². The van der Waals surface area contributed by atoms with E-state index < -0.39 is 0 Å². The molecule has 2 aromatic heterocycles. The number of amides is 1. The van der Waals surface area contributed by atoms with E-state index in [4.69, 9.17) is 0 Å². The topological polar surface area (TPSA) is 57.8 Å². The maximum atomic E-state index is 12.4. The fraction of sp³-hybridized carbons (Fsp3) is 0.250. The van der Waals surface area contributed by atoms with Gasteiger partial charge in [-0.3, -0.25) is 10.1 Å². The van der Waals surface area contributed by atoms with E-state index in [0.717, 1.165) is 28.9 Å². The zero-order valence-corrected chi connectivity index (χ0v) is 12.3. The summed E-state index contributed by atoms with van der Waals surface area (Å²) in [5.41, 5.74) is 2.81. The van der Waals surface area contributed by atoms with Crippen LogP contribution in [0.4, 0.5) is 5.13 Å². The van der Waals surface area contributed by atoms with Gasteiger partial charge >= 0.3 is 0 Å². The number of fused-ring (bicyclic) bond motifs is 2. The second-order valence-electron chi connectivity index (χ2n) is 5.30. The monoisotopic (exact) mass is 297 g/mol. The van der Waals surface area contributed by atoms with Gasteiger partial charge in [-0.1, -0.05) is 18.2 Å². The third-order valence-corrected chi connectivity index (χ3v) is 4.97. The summed E-state index contributed by atoms with van der Waals surface area (Å²) in [6.45, 7) is 0. The Kier molecular flexibility index (Phi) is 3.00. The number of rotatable bonds is 2. The number of thiazole rings is 1. The Morgan fingerprint density at radius 3 is 3.00 bits per heavy atom. The first-order chi connectivity index (χ1) is 10.3. The van der Waals surface area contributed by atoms with Crippen LogP contribution in [0.15, 0.2) is 30.5 Å². The number of benzene rings is 1. The van der Waals surface area contributed by atoms with Crippen LogP contribution in [-0.4, -0.2) is 15.9 Å². The van der Waals surface area contributed by atoms with Gasteiger partial charge in [-0.2, -0.15) is 0 Å². The van der Waals surface area contributed by atoms with Gasteiger partial charge in [0, 0.05) is 22.0 Å². The first-order valence-electron chi connectivity index (χ1n) is 7.17. The summed E-state index contributed by atoms with van der Waals surface area (Å²) in [5, 5.41) is 4.60. The fourth-order valence-corrected chi connectivity index (χ4v) is 3.87. The lowest BCUT2D eigenvalue weighted by Crippen LogP contribution is -2.11. The molecule has 0 spiro atoms. The first-order valence-corrected chi connectivity index (χ1v) is 7.99. The number of anilines is 1. The van der Waals surface area contributed by atoms with Gasteiger partial charge in [0.25, 0.3) is 5.91 Å². The average molecular weight is 297 g/mol. The van der Waals surface area contributed by atoms with Crippen LogP contribution >= 0.6 is 11.3 Å². The summed E-state index contributed by atoms with van der Waals surface area (Å²) in [6.07, 6.45) is 6.32. The molecule has 0 saturated heterocycles. The van der Waals surface area contributed by atoms with Gasteiger partial charge in [0.1, 0.15) is 0 Å². The second-order valence-corrected chi connectivity index (χ2v) is 6.38. The summed E-state index contributed by atoms with van der Waals surface area (Å²) in [7, 11) is 0. The summed E-state index contributed by atoms with van der Waals surface area (Å²) in [6, 6.07) is 7.81. The van der Waals surface area contributed by atoms with Crippen molar-refractivity contribution in [1.82, 2.24) is 9.97 Å². The smallest absolute Gasteiger partial charge is 0.259 e. The number of carbonyl (C=O) groups excluding carboxylic acids is 1. The number of para-hydroxylation sites is 1. The molecule has 21 heavy (non-hydrogen) atoms. The fourth-order valence-electron chi connectivity index (χ4n) is 2.83. The minimum absolute atomic E-state index is 0.0986. The lowest BCUT2D eigenvalue weighted by Gasteiger charge is -2.06. The molecule has 0 radical (unpaired) electrons. The highest BCUT2D eigenvalue weighted by atomic mass is 32.1. The summed E-state index contributed by atoms with van der Waals surface area (Å²) < 4.78 is 0. The van der Waals surface area contributed by atoms with E-state index >= 15 is 0 Å². The lowest BCUT2D eigenvalue weighted by molar-refractivity contribution is 0.102. The number of aromatic amines is 1. The van der Waals surface area contributed by atoms with Crippen molar-refractivity contribution in [2.45, 2.75) is 25.7 Å². The molecule has 0 atom stereocenters. The van der Waals surface area contributed by atoms with Gasteiger partial charge in [-0.25, -0.2) is 4.98 Å². The Balaban J connectivity index is 1.62. The quantitative estimate of drug-likeness (QED) is 0.756. The molecule has 106 valence electrons. The Bertz CT molecular complexity index is 794. The largest absolute Gasteiger partial charge is 0.360 e. The van der Waals surface area contributed by atoms with Crippen molar-refractivity contribution >= 4 is 33.3 Å². The van der Waals surface area contributed by atoms with Crippen molar-refractivity contribution in [3.8, 4) is 0 Å². The zero-order chi connectivity index (χ0) is 14.2. The number of hydrogen-bond donors (Lipinski definition) is 2. The SMILES string of the molecule is O=C(Nc1nc2c(s1)CCCC2)c1c[nH]c2ccccc12. The highest BCUT2D eigenvalue weighted by molar-refractivity contribution is 7.15. The highest BCUT2D eigenvalue weighted by Crippen LogP contribution is 2.30. The third-order valence-electron chi connectivity index (χ3n) is 3.90. The molecule has 1 aliphatic carbocycles. The number of aromatic nitrogens is 2. The van der Waals surface area contributed by atoms with Crippen molar-refractivity contribution in [3.63, 3.8) is 0 Å². The van der Waals surface area contributed by atoms with Crippen molar-refractivity contribution in [3.05, 3.63) is 46.6 Å². The van der Waals surface area contributed by atoms with E-state index in [1.165, 1.54) is 23.4 Å². The van der Waals surface area contributed by atoms with E-state index in [1.54, 1.807) is 17.5 Å². The van der Waals surface area contributed by atoms with Crippen molar-refractivity contribution in [1.29, 1.82) is 0 Å². The van der Waals surface area contributed by atoms with Crippen molar-refractivity contribution < 1.29 is 4.79 Å². The molecule has 0 bridgehead atoms. The summed E-state index contributed by atoms with van der Waals surface area (Å²) in [5.74, 6) is -0.0986. The van der Waals surface area contributed by atoms with Crippen LogP contribution in [0.5, 0.6) is 0 Å². The molecular weight excluding hydrogens is 282 g/mol. The summed E-state index contributed by atoms with van der Waals surface area (Å²) in [4.78, 5) is 21.4. The van der Waals surface area contributed by atoms with Gasteiger partial charge in [-0.05, 0) is 31.7 Å². The molecule has 4 rings (SSSR count). The predicted molar refractivity (Wildman–Crippen MR) is 85.0 cm³/mol. The van der Waals surface area contributed by atoms with Crippen LogP contribution in [-0.2, 0) is 12.8 Å². The zero-order valence-electron chi connectivity index (χ0n) is 11.5. The molecule has 0 aliphatic heterocycles. The molecule has 0 saturated carbocycles. The van der Waals surface area contributed by atoms with Gasteiger partial charge in [0.2, 0.25) is 0 Å². The molecule has 5 heteroatoms. The van der Waals surface area contributed by atoms with Crippen LogP contribution in [0.1, 0.15) is 33.8 Å². The van der Waals surface area contributed by atoms with Gasteiger partial charge < -0.3 is 4.98 Å². The minimum atomic E-state index is -0.0986. The number of nitrogens with zero attached hydrogens (tertiary/aromatic N) is 1. The maximum Gasteiger partial charge on any atom is 0.259 e. The first kappa shape index (κ1) is 12.6. The third kappa shape index (κ3) is 2.23. The molecule has 4 nitrogen and oxygen atoms in total. The Morgan fingerprint density at radius 2 is 2.10 bits per heavy atom. The number of aryl methyl sites for hydroxylation is 2. The van der Waals surface area contributed by atoms with E-state index in [0.29, 0.717) is 5.56 Å². The number of carbonyl (C=O) groups is 1. The van der Waals surface area contributed by atoms with Crippen LogP contribution in [0, 0.1) is 0 Å². The molecule has 1 amide bonds. The Labute approximate surface area is 126 Å². The number of hydrogen-bond acceptors (Lipinski definition) is 3. The molecule has 2 N–H and O–H groups in total. The van der Waals surface area contributed by atoms with Gasteiger partial charge in [-0.15, -0.1) is 11.3 Å². The van der Waals surface area contributed by atoms with Crippen LogP contribution < -0.4 is 5.32 Å². The average Bonchev–Trinajstić information content (AvgIpc) is 3.10. The van der Waals surface area contributed by atoms with Crippen LogP contribution in [0.25, 0.3) is 10.9 Å². The van der Waals surface area contributed by atoms with Crippen molar-refractivity contribution in [2.75, 3.05) is 5.32 Å². The Morgan fingerprint density at radius 1 is 1.24 bits per heavy atom. The van der Waals surface area contributed by atoms with Crippen LogP contribution in [0.2, 0.25) is 0 Å². The molecule has 0 unspecified atom stereocenters.